The number of β-amino-alcohol motifs (C(OH)–C–C–N with tert-alkyl or cyclic N) is 1. The average Bonchev–Trinajstić information content (AvgIpc) is 2.72. The molecule has 9 heteroatoms. The largest absolute Gasteiger partial charge is 0.497 e. The lowest BCUT2D eigenvalue weighted by molar-refractivity contribution is -0.0180. The molecule has 1 aliphatic rings. The normalized spacial score (nSPS) is 16.9. The molecule has 0 bridgehead atoms. The molecule has 1 aliphatic heterocycles. The molecule has 8 nitrogen and oxygen atoms in total. The molecule has 0 aliphatic carbocycles. The van der Waals surface area contributed by atoms with E-state index < -0.39 is 5.60 Å². The number of aliphatic hydroxyl groups is 1. The standard InChI is InChI=1S/C21H36N4O4.HI/c1-4-22-20(24-16-21(2,26)17-25-10-13-28-14-11-25)23-9-6-12-29-19-8-5-7-18(15-19)27-3;/h5,7-8,15,26H,4,6,9-14,16-17H2,1-3H3,(H2,22,23,24);1H. The summed E-state index contributed by atoms with van der Waals surface area (Å²) in [6.45, 7) is 10.0. The van der Waals surface area contributed by atoms with Crippen molar-refractivity contribution in [2.75, 3.05) is 66.2 Å². The summed E-state index contributed by atoms with van der Waals surface area (Å²) in [6, 6.07) is 7.58. The van der Waals surface area contributed by atoms with E-state index in [9.17, 15) is 5.11 Å². The first-order chi connectivity index (χ1) is 14.0. The predicted molar refractivity (Wildman–Crippen MR) is 130 cm³/mol. The van der Waals surface area contributed by atoms with E-state index in [1.807, 2.05) is 38.1 Å². The lowest BCUT2D eigenvalue weighted by atomic mass is 10.1. The van der Waals surface area contributed by atoms with E-state index >= 15 is 0 Å². The molecule has 1 saturated heterocycles. The zero-order valence-electron chi connectivity index (χ0n) is 18.4. The van der Waals surface area contributed by atoms with Gasteiger partial charge in [-0.15, -0.1) is 24.0 Å². The van der Waals surface area contributed by atoms with Crippen LogP contribution in [0.5, 0.6) is 11.5 Å². The molecule has 1 unspecified atom stereocenters. The highest BCUT2D eigenvalue weighted by Gasteiger charge is 2.25. The van der Waals surface area contributed by atoms with E-state index in [4.69, 9.17) is 14.2 Å². The lowest BCUT2D eigenvalue weighted by Crippen LogP contribution is -2.48. The monoisotopic (exact) mass is 536 g/mol. The van der Waals surface area contributed by atoms with Gasteiger partial charge in [-0.2, -0.15) is 0 Å². The summed E-state index contributed by atoms with van der Waals surface area (Å²) < 4.78 is 16.3. The number of methoxy groups -OCH3 is 1. The summed E-state index contributed by atoms with van der Waals surface area (Å²) in [5.74, 6) is 2.28. The van der Waals surface area contributed by atoms with E-state index in [-0.39, 0.29) is 24.0 Å². The Kier molecular flexibility index (Phi) is 13.1. The maximum Gasteiger partial charge on any atom is 0.191 e. The van der Waals surface area contributed by atoms with Crippen molar-refractivity contribution in [3.05, 3.63) is 24.3 Å². The van der Waals surface area contributed by atoms with E-state index in [1.165, 1.54) is 0 Å². The van der Waals surface area contributed by atoms with Crippen molar-refractivity contribution in [1.82, 2.24) is 15.5 Å². The second kappa shape index (κ2) is 14.7. The maximum atomic E-state index is 10.7. The number of halogens is 1. The fourth-order valence-corrected chi connectivity index (χ4v) is 3.04. The molecular formula is C21H37IN4O4. The Bertz CT molecular complexity index is 625. The first kappa shape index (κ1) is 26.7. The molecule has 0 spiro atoms. The summed E-state index contributed by atoms with van der Waals surface area (Å²) in [5, 5.41) is 17.2. The van der Waals surface area contributed by atoms with Crippen molar-refractivity contribution in [2.45, 2.75) is 25.9 Å². The quantitative estimate of drug-likeness (QED) is 0.172. The molecule has 0 aromatic heterocycles. The van der Waals surface area contributed by atoms with Crippen LogP contribution in [0.3, 0.4) is 0 Å². The summed E-state index contributed by atoms with van der Waals surface area (Å²) in [4.78, 5) is 6.78. The SMILES string of the molecule is CCNC(=NCC(C)(O)CN1CCOCC1)NCCCOc1cccc(OC)c1.I. The molecule has 3 N–H and O–H groups in total. The number of hydrogen-bond donors (Lipinski definition) is 3. The van der Waals surface area contributed by atoms with Gasteiger partial charge in [0.15, 0.2) is 5.96 Å². The number of aliphatic imine (C=N–C) groups is 1. The van der Waals surface area contributed by atoms with Gasteiger partial charge in [0.25, 0.3) is 0 Å². The minimum atomic E-state index is -0.880. The topological polar surface area (TPSA) is 87.6 Å². The van der Waals surface area contributed by atoms with Crippen LogP contribution in [0.2, 0.25) is 0 Å². The average molecular weight is 536 g/mol. The van der Waals surface area contributed by atoms with Crippen molar-refractivity contribution in [1.29, 1.82) is 0 Å². The Morgan fingerprint density at radius 2 is 2.00 bits per heavy atom. The van der Waals surface area contributed by atoms with Gasteiger partial charge in [-0.25, -0.2) is 0 Å². The van der Waals surface area contributed by atoms with Crippen molar-refractivity contribution >= 4 is 29.9 Å². The van der Waals surface area contributed by atoms with Crippen molar-refractivity contribution in [2.24, 2.45) is 4.99 Å². The Labute approximate surface area is 197 Å². The van der Waals surface area contributed by atoms with Gasteiger partial charge in [-0.1, -0.05) is 6.07 Å². The number of benzene rings is 1. The Balaban J connectivity index is 0.00000450. The predicted octanol–water partition coefficient (Wildman–Crippen LogP) is 1.72. The van der Waals surface area contributed by atoms with Crippen molar-refractivity contribution in [3.63, 3.8) is 0 Å². The van der Waals surface area contributed by atoms with Crippen LogP contribution in [0.15, 0.2) is 29.3 Å². The number of nitrogens with one attached hydrogen (secondary N) is 2. The molecule has 2 rings (SSSR count). The minimum absolute atomic E-state index is 0. The van der Waals surface area contributed by atoms with Crippen LogP contribution in [0.25, 0.3) is 0 Å². The van der Waals surface area contributed by atoms with E-state index in [2.05, 4.69) is 20.5 Å². The van der Waals surface area contributed by atoms with Gasteiger partial charge < -0.3 is 30.0 Å². The third kappa shape index (κ3) is 10.6. The van der Waals surface area contributed by atoms with Gasteiger partial charge in [0.2, 0.25) is 0 Å². The van der Waals surface area contributed by atoms with Crippen LogP contribution in [-0.2, 0) is 4.74 Å². The molecule has 30 heavy (non-hydrogen) atoms. The van der Waals surface area contributed by atoms with Crippen LogP contribution in [0, 0.1) is 0 Å². The number of morpholine rings is 1. The van der Waals surface area contributed by atoms with Gasteiger partial charge in [0.1, 0.15) is 11.5 Å². The van der Waals surface area contributed by atoms with Gasteiger partial charge in [-0.05, 0) is 32.4 Å². The highest BCUT2D eigenvalue weighted by atomic mass is 127. The molecule has 1 atom stereocenters. The highest BCUT2D eigenvalue weighted by molar-refractivity contribution is 14.0. The molecule has 1 fully saturated rings. The van der Waals surface area contributed by atoms with Crippen molar-refractivity contribution < 1.29 is 19.3 Å². The molecule has 172 valence electrons. The van der Waals surface area contributed by atoms with Gasteiger partial charge in [0.05, 0.1) is 39.1 Å². The smallest absolute Gasteiger partial charge is 0.191 e. The third-order valence-corrected chi connectivity index (χ3v) is 4.51. The molecule has 1 heterocycles. The van der Waals surface area contributed by atoms with Gasteiger partial charge in [0, 0.05) is 38.8 Å². The highest BCUT2D eigenvalue weighted by Crippen LogP contribution is 2.18. The molecule has 1 aromatic carbocycles. The minimum Gasteiger partial charge on any atom is -0.497 e. The van der Waals surface area contributed by atoms with Crippen molar-refractivity contribution in [3.8, 4) is 11.5 Å². The maximum absolute atomic E-state index is 10.7. The second-order valence-corrected chi connectivity index (χ2v) is 7.39. The first-order valence-electron chi connectivity index (χ1n) is 10.3. The first-order valence-corrected chi connectivity index (χ1v) is 10.3. The number of rotatable bonds is 11. The number of hydrogen-bond acceptors (Lipinski definition) is 6. The van der Waals surface area contributed by atoms with Crippen LogP contribution < -0.4 is 20.1 Å². The molecule has 0 amide bonds. The Morgan fingerprint density at radius 1 is 1.27 bits per heavy atom. The van der Waals surface area contributed by atoms with Crippen LogP contribution >= 0.6 is 24.0 Å². The molecule has 1 aromatic rings. The second-order valence-electron chi connectivity index (χ2n) is 7.39. The zero-order chi connectivity index (χ0) is 21.0. The third-order valence-electron chi connectivity index (χ3n) is 4.51. The number of ether oxygens (including phenoxy) is 3. The van der Waals surface area contributed by atoms with Crippen LogP contribution in [-0.4, -0.2) is 87.8 Å². The zero-order valence-corrected chi connectivity index (χ0v) is 20.7. The van der Waals surface area contributed by atoms with Crippen LogP contribution in [0.1, 0.15) is 20.3 Å². The fourth-order valence-electron chi connectivity index (χ4n) is 3.04. The summed E-state index contributed by atoms with van der Waals surface area (Å²) in [7, 11) is 1.64. The van der Waals surface area contributed by atoms with E-state index in [0.29, 0.717) is 25.7 Å². The summed E-state index contributed by atoms with van der Waals surface area (Å²) in [6.07, 6.45) is 0.825. The number of nitrogens with zero attached hydrogens (tertiary/aromatic N) is 2. The molecule has 0 radical (unpaired) electrons. The lowest BCUT2D eigenvalue weighted by Gasteiger charge is -2.33. The summed E-state index contributed by atoms with van der Waals surface area (Å²) >= 11 is 0. The number of guanidine groups is 1. The van der Waals surface area contributed by atoms with E-state index in [0.717, 1.165) is 57.3 Å². The Morgan fingerprint density at radius 3 is 2.70 bits per heavy atom. The van der Waals surface area contributed by atoms with Gasteiger partial charge in [-0.3, -0.25) is 9.89 Å². The van der Waals surface area contributed by atoms with Crippen LogP contribution in [0.4, 0.5) is 0 Å². The molecule has 0 saturated carbocycles. The summed E-state index contributed by atoms with van der Waals surface area (Å²) in [5.41, 5.74) is -0.880. The van der Waals surface area contributed by atoms with Gasteiger partial charge >= 0.3 is 0 Å². The fraction of sp³-hybridized carbons (Fsp3) is 0.667. The van der Waals surface area contributed by atoms with E-state index in [1.54, 1.807) is 7.11 Å². The molecular weight excluding hydrogens is 499 g/mol. The Hall–Kier alpha value is -1.30.